The maximum absolute atomic E-state index is 9.13. The molecule has 1 unspecified atom stereocenters. The first-order chi connectivity index (χ1) is 5.70. The predicted octanol–water partition coefficient (Wildman–Crippen LogP) is 0.0510. The smallest absolute Gasteiger partial charge is 0.0524 e. The Morgan fingerprint density at radius 2 is 2.42 bits per heavy atom. The minimum atomic E-state index is -0.160. The predicted molar refractivity (Wildman–Crippen MR) is 50.2 cm³/mol. The molecule has 0 saturated carbocycles. The van der Waals surface area contributed by atoms with E-state index >= 15 is 0 Å². The van der Waals surface area contributed by atoms with Crippen LogP contribution >= 0.6 is 0 Å². The van der Waals surface area contributed by atoms with Crippen LogP contribution in [0.2, 0.25) is 0 Å². The molecule has 0 aromatic heterocycles. The van der Waals surface area contributed by atoms with E-state index in [1.165, 1.54) is 0 Å². The van der Waals surface area contributed by atoms with E-state index in [0.717, 1.165) is 32.6 Å². The van der Waals surface area contributed by atoms with E-state index in [4.69, 9.17) is 5.11 Å². The molecule has 2 N–H and O–H groups in total. The van der Waals surface area contributed by atoms with Crippen molar-refractivity contribution in [3.05, 3.63) is 0 Å². The summed E-state index contributed by atoms with van der Waals surface area (Å²) in [6, 6.07) is 0.623. The molecule has 0 radical (unpaired) electrons. The van der Waals surface area contributed by atoms with Crippen molar-refractivity contribution in [2.75, 3.05) is 26.2 Å². The average Bonchev–Trinajstić information content (AvgIpc) is 2.03. The fourth-order valence-corrected chi connectivity index (χ4v) is 1.57. The second-order valence-electron chi connectivity index (χ2n) is 3.73. The molecule has 0 amide bonds. The van der Waals surface area contributed by atoms with Crippen molar-refractivity contribution in [2.45, 2.75) is 32.4 Å². The number of nitrogens with zero attached hydrogens (tertiary/aromatic N) is 1. The molecule has 12 heavy (non-hydrogen) atoms. The van der Waals surface area contributed by atoms with Gasteiger partial charge in [-0.3, -0.25) is 4.90 Å². The van der Waals surface area contributed by atoms with E-state index in [2.05, 4.69) is 17.1 Å². The molecule has 1 saturated heterocycles. The monoisotopic (exact) mass is 172 g/mol. The summed E-state index contributed by atoms with van der Waals surface area (Å²) in [5, 5.41) is 12.5. The molecule has 3 heteroatoms. The van der Waals surface area contributed by atoms with Gasteiger partial charge in [0.25, 0.3) is 0 Å². The SMILES string of the molecule is CC(O)CCN1CCNC[C@@H]1C. The standard InChI is InChI=1S/C9H20N2O/c1-8-7-10-4-6-11(8)5-3-9(2)12/h8-10,12H,3-7H2,1-2H3/t8-,9?/m0/s1. The maximum Gasteiger partial charge on any atom is 0.0524 e. The third-order valence-corrected chi connectivity index (χ3v) is 2.47. The first-order valence-corrected chi connectivity index (χ1v) is 4.83. The Bertz CT molecular complexity index is 128. The number of aliphatic hydroxyl groups is 1. The van der Waals surface area contributed by atoms with Gasteiger partial charge in [-0.1, -0.05) is 0 Å². The van der Waals surface area contributed by atoms with Crippen LogP contribution in [0.3, 0.4) is 0 Å². The molecule has 0 aromatic carbocycles. The Morgan fingerprint density at radius 3 is 3.00 bits per heavy atom. The van der Waals surface area contributed by atoms with Crippen LogP contribution in [-0.4, -0.2) is 48.3 Å². The zero-order valence-corrected chi connectivity index (χ0v) is 8.08. The van der Waals surface area contributed by atoms with Gasteiger partial charge in [0, 0.05) is 32.2 Å². The second kappa shape index (κ2) is 4.80. The largest absolute Gasteiger partial charge is 0.393 e. The molecule has 2 atom stereocenters. The summed E-state index contributed by atoms with van der Waals surface area (Å²) in [6.07, 6.45) is 0.733. The highest BCUT2D eigenvalue weighted by Gasteiger charge is 2.17. The number of hydrogen-bond acceptors (Lipinski definition) is 3. The summed E-state index contributed by atoms with van der Waals surface area (Å²) >= 11 is 0. The summed E-state index contributed by atoms with van der Waals surface area (Å²) in [4.78, 5) is 2.43. The zero-order valence-electron chi connectivity index (χ0n) is 8.08. The first-order valence-electron chi connectivity index (χ1n) is 4.83. The van der Waals surface area contributed by atoms with Gasteiger partial charge in [0.1, 0.15) is 0 Å². The molecule has 1 rings (SSSR count). The number of nitrogens with one attached hydrogen (secondary N) is 1. The van der Waals surface area contributed by atoms with Crippen LogP contribution in [0.5, 0.6) is 0 Å². The fourth-order valence-electron chi connectivity index (χ4n) is 1.57. The highest BCUT2D eigenvalue weighted by atomic mass is 16.3. The average molecular weight is 172 g/mol. The van der Waals surface area contributed by atoms with Gasteiger partial charge < -0.3 is 10.4 Å². The Balaban J connectivity index is 2.20. The molecule has 0 spiro atoms. The summed E-state index contributed by atoms with van der Waals surface area (Å²) < 4.78 is 0. The van der Waals surface area contributed by atoms with E-state index in [0.29, 0.717) is 6.04 Å². The minimum absolute atomic E-state index is 0.160. The molecule has 1 fully saturated rings. The van der Waals surface area contributed by atoms with Gasteiger partial charge in [-0.05, 0) is 20.3 Å². The van der Waals surface area contributed by atoms with Crippen LogP contribution in [0.25, 0.3) is 0 Å². The topological polar surface area (TPSA) is 35.5 Å². The lowest BCUT2D eigenvalue weighted by Gasteiger charge is -2.34. The van der Waals surface area contributed by atoms with Gasteiger partial charge in [0.2, 0.25) is 0 Å². The molecule has 1 heterocycles. The van der Waals surface area contributed by atoms with Crippen LogP contribution in [0.15, 0.2) is 0 Å². The molecule has 1 aliphatic heterocycles. The van der Waals surface area contributed by atoms with Crippen LogP contribution in [0.1, 0.15) is 20.3 Å². The molecule has 0 bridgehead atoms. The van der Waals surface area contributed by atoms with Crippen molar-refractivity contribution in [2.24, 2.45) is 0 Å². The third kappa shape index (κ3) is 3.09. The van der Waals surface area contributed by atoms with Crippen LogP contribution < -0.4 is 5.32 Å². The third-order valence-electron chi connectivity index (χ3n) is 2.47. The Morgan fingerprint density at radius 1 is 1.67 bits per heavy atom. The number of rotatable bonds is 3. The Hall–Kier alpha value is -0.120. The van der Waals surface area contributed by atoms with E-state index in [9.17, 15) is 0 Å². The number of aliphatic hydroxyl groups excluding tert-OH is 1. The number of hydrogen-bond donors (Lipinski definition) is 2. The summed E-state index contributed by atoms with van der Waals surface area (Å²) in [6.45, 7) is 8.40. The van der Waals surface area contributed by atoms with Crippen molar-refractivity contribution >= 4 is 0 Å². The van der Waals surface area contributed by atoms with E-state index in [1.54, 1.807) is 0 Å². The maximum atomic E-state index is 9.13. The van der Waals surface area contributed by atoms with Crippen molar-refractivity contribution in [3.63, 3.8) is 0 Å². The Labute approximate surface area is 74.8 Å². The molecule has 3 nitrogen and oxygen atoms in total. The summed E-state index contributed by atoms with van der Waals surface area (Å²) in [5.41, 5.74) is 0. The highest BCUT2D eigenvalue weighted by Crippen LogP contribution is 2.04. The van der Waals surface area contributed by atoms with Crippen LogP contribution in [0.4, 0.5) is 0 Å². The van der Waals surface area contributed by atoms with Crippen molar-refractivity contribution in [3.8, 4) is 0 Å². The summed E-state index contributed by atoms with van der Waals surface area (Å²) in [5.74, 6) is 0. The molecule has 1 aliphatic rings. The van der Waals surface area contributed by atoms with Gasteiger partial charge in [0.05, 0.1) is 6.10 Å². The fraction of sp³-hybridized carbons (Fsp3) is 1.00. The van der Waals surface area contributed by atoms with Gasteiger partial charge in [-0.2, -0.15) is 0 Å². The number of piperazine rings is 1. The summed E-state index contributed by atoms with van der Waals surface area (Å²) in [7, 11) is 0. The molecule has 0 aromatic rings. The van der Waals surface area contributed by atoms with Gasteiger partial charge >= 0.3 is 0 Å². The first kappa shape index (κ1) is 9.96. The van der Waals surface area contributed by atoms with E-state index < -0.39 is 0 Å². The van der Waals surface area contributed by atoms with E-state index in [1.807, 2.05) is 6.92 Å². The quantitative estimate of drug-likeness (QED) is 0.631. The lowest BCUT2D eigenvalue weighted by molar-refractivity contribution is 0.125. The van der Waals surface area contributed by atoms with Crippen molar-refractivity contribution < 1.29 is 5.11 Å². The van der Waals surface area contributed by atoms with Gasteiger partial charge in [0.15, 0.2) is 0 Å². The van der Waals surface area contributed by atoms with Gasteiger partial charge in [-0.15, -0.1) is 0 Å². The van der Waals surface area contributed by atoms with Crippen molar-refractivity contribution in [1.29, 1.82) is 0 Å². The van der Waals surface area contributed by atoms with Crippen LogP contribution in [0, 0.1) is 0 Å². The molecular weight excluding hydrogens is 152 g/mol. The molecular formula is C9H20N2O. The normalized spacial score (nSPS) is 28.8. The van der Waals surface area contributed by atoms with Crippen LogP contribution in [-0.2, 0) is 0 Å². The second-order valence-corrected chi connectivity index (χ2v) is 3.73. The Kier molecular flexibility index (Phi) is 3.98. The molecule has 72 valence electrons. The lowest BCUT2D eigenvalue weighted by atomic mass is 10.2. The zero-order chi connectivity index (χ0) is 8.97. The lowest BCUT2D eigenvalue weighted by Crippen LogP contribution is -2.50. The minimum Gasteiger partial charge on any atom is -0.393 e. The molecule has 0 aliphatic carbocycles. The van der Waals surface area contributed by atoms with Crippen molar-refractivity contribution in [1.82, 2.24) is 10.2 Å². The van der Waals surface area contributed by atoms with Gasteiger partial charge in [-0.25, -0.2) is 0 Å². The highest BCUT2D eigenvalue weighted by molar-refractivity contribution is 4.76. The van der Waals surface area contributed by atoms with E-state index in [-0.39, 0.29) is 6.10 Å².